The molecule has 0 N–H and O–H groups in total. The standard InChI is InChI=1S/C24H19ClN2O5/c1-11(28)31-13-8-6-12(7-9-13)27-23(29)18-15-10-16(19(18)24(27)30)22-20(15)21(26-32-22)14-4-2-3-5-17(14)25/h2-9,15-16,18-20,22H,10H2,1H3/t15-,16-,18+,19-,20-,22+/m1/s1. The average Bonchev–Trinajstić information content (AvgIpc) is 3.49. The minimum absolute atomic E-state index is 0.0192. The number of carbonyl (C=O) groups excluding carboxylic acids is 3. The molecule has 2 bridgehead atoms. The topological polar surface area (TPSA) is 85.3 Å². The molecule has 2 amide bonds. The summed E-state index contributed by atoms with van der Waals surface area (Å²) >= 11 is 6.41. The average molecular weight is 451 g/mol. The minimum Gasteiger partial charge on any atom is -0.427 e. The lowest BCUT2D eigenvalue weighted by Crippen LogP contribution is -2.41. The van der Waals surface area contributed by atoms with Crippen molar-refractivity contribution in [1.29, 1.82) is 0 Å². The normalized spacial score (nSPS) is 31.9. The SMILES string of the molecule is CC(=O)Oc1ccc(N2C(=O)[C@@H]3[C@H]4C[C@@H]([C@@H]5C(c6ccccc6Cl)=NO[C@@H]45)[C@@H]3C2=O)cc1. The smallest absolute Gasteiger partial charge is 0.308 e. The van der Waals surface area contributed by atoms with Gasteiger partial charge in [0.05, 0.1) is 23.2 Å². The second-order valence-electron chi connectivity index (χ2n) is 8.77. The number of carbonyl (C=O) groups is 3. The fourth-order valence-electron chi connectivity index (χ4n) is 6.10. The van der Waals surface area contributed by atoms with Crippen LogP contribution >= 0.6 is 11.6 Å². The maximum Gasteiger partial charge on any atom is 0.308 e. The highest BCUT2D eigenvalue weighted by atomic mass is 35.5. The third-order valence-corrected chi connectivity index (χ3v) is 7.53. The Kier molecular flexibility index (Phi) is 4.21. The molecule has 0 unspecified atom stereocenters. The van der Waals surface area contributed by atoms with Crippen molar-refractivity contribution in [2.75, 3.05) is 4.90 Å². The van der Waals surface area contributed by atoms with Crippen LogP contribution in [0.3, 0.4) is 0 Å². The van der Waals surface area contributed by atoms with Gasteiger partial charge in [0.15, 0.2) is 0 Å². The molecule has 2 saturated carbocycles. The molecule has 0 aromatic heterocycles. The van der Waals surface area contributed by atoms with Crippen molar-refractivity contribution in [2.24, 2.45) is 34.7 Å². The van der Waals surface area contributed by atoms with Gasteiger partial charge in [0.1, 0.15) is 11.9 Å². The van der Waals surface area contributed by atoms with Gasteiger partial charge in [0.2, 0.25) is 11.8 Å². The van der Waals surface area contributed by atoms with E-state index in [-0.39, 0.29) is 35.7 Å². The first-order valence-electron chi connectivity index (χ1n) is 10.6. The lowest BCUT2D eigenvalue weighted by Gasteiger charge is -2.30. The van der Waals surface area contributed by atoms with Crippen molar-refractivity contribution < 1.29 is 24.0 Å². The van der Waals surface area contributed by atoms with Crippen molar-refractivity contribution in [3.8, 4) is 5.75 Å². The number of nitrogens with zero attached hydrogens (tertiary/aromatic N) is 2. The molecule has 8 heteroatoms. The molecule has 3 fully saturated rings. The summed E-state index contributed by atoms with van der Waals surface area (Å²) < 4.78 is 5.05. The van der Waals surface area contributed by atoms with Gasteiger partial charge in [0.25, 0.3) is 0 Å². The summed E-state index contributed by atoms with van der Waals surface area (Å²) in [6, 6.07) is 13.9. The van der Waals surface area contributed by atoms with Gasteiger partial charge in [-0.3, -0.25) is 19.3 Å². The van der Waals surface area contributed by atoms with E-state index in [0.717, 1.165) is 17.7 Å². The molecule has 32 heavy (non-hydrogen) atoms. The van der Waals surface area contributed by atoms with Crippen LogP contribution in [0, 0.1) is 29.6 Å². The molecule has 6 atom stereocenters. The Balaban J connectivity index is 1.31. The Hall–Kier alpha value is -3.19. The van der Waals surface area contributed by atoms with E-state index >= 15 is 0 Å². The molecular weight excluding hydrogens is 432 g/mol. The first-order valence-corrected chi connectivity index (χ1v) is 11.0. The number of ether oxygens (including phenoxy) is 1. The first kappa shape index (κ1) is 19.5. The zero-order valence-corrected chi connectivity index (χ0v) is 17.9. The Bertz CT molecular complexity index is 1190. The number of rotatable bonds is 3. The molecule has 4 aliphatic rings. The van der Waals surface area contributed by atoms with Crippen molar-refractivity contribution in [2.45, 2.75) is 19.4 Å². The van der Waals surface area contributed by atoms with Crippen molar-refractivity contribution in [3.05, 3.63) is 59.1 Å². The molecule has 2 aromatic carbocycles. The zero-order valence-electron chi connectivity index (χ0n) is 17.1. The van der Waals surface area contributed by atoms with Gasteiger partial charge in [-0.25, -0.2) is 0 Å². The number of esters is 1. The van der Waals surface area contributed by atoms with Crippen LogP contribution in [-0.4, -0.2) is 29.6 Å². The molecule has 7 nitrogen and oxygen atoms in total. The summed E-state index contributed by atoms with van der Waals surface area (Å²) in [4.78, 5) is 45.1. The molecule has 2 aromatic rings. The van der Waals surface area contributed by atoms with E-state index in [1.165, 1.54) is 11.8 Å². The predicted octanol–water partition coefficient (Wildman–Crippen LogP) is 3.44. The van der Waals surface area contributed by atoms with E-state index in [2.05, 4.69) is 5.16 Å². The highest BCUT2D eigenvalue weighted by Crippen LogP contribution is 2.62. The minimum atomic E-state index is -0.431. The lowest BCUT2D eigenvalue weighted by atomic mass is 9.71. The molecule has 1 saturated heterocycles. The van der Waals surface area contributed by atoms with Crippen LogP contribution in [0.25, 0.3) is 0 Å². The maximum atomic E-state index is 13.5. The van der Waals surface area contributed by atoms with Crippen LogP contribution in [0.15, 0.2) is 53.7 Å². The molecule has 162 valence electrons. The Morgan fingerprint density at radius 1 is 1.03 bits per heavy atom. The molecule has 2 heterocycles. The summed E-state index contributed by atoms with van der Waals surface area (Å²) in [7, 11) is 0. The molecule has 6 rings (SSSR count). The van der Waals surface area contributed by atoms with Gasteiger partial charge in [-0.15, -0.1) is 0 Å². The van der Waals surface area contributed by atoms with Crippen LogP contribution < -0.4 is 9.64 Å². The highest BCUT2D eigenvalue weighted by Gasteiger charge is 2.70. The number of imide groups is 1. The number of fused-ring (bicyclic) bond motifs is 8. The van der Waals surface area contributed by atoms with E-state index in [1.807, 2.05) is 24.3 Å². The largest absolute Gasteiger partial charge is 0.427 e. The zero-order chi connectivity index (χ0) is 22.1. The summed E-state index contributed by atoms with van der Waals surface area (Å²) in [6.45, 7) is 1.32. The third kappa shape index (κ3) is 2.60. The van der Waals surface area contributed by atoms with Crippen molar-refractivity contribution >= 4 is 40.8 Å². The molecular formula is C24H19ClN2O5. The van der Waals surface area contributed by atoms with E-state index in [4.69, 9.17) is 21.2 Å². The van der Waals surface area contributed by atoms with Crippen molar-refractivity contribution in [3.63, 3.8) is 0 Å². The number of benzene rings is 2. The lowest BCUT2D eigenvalue weighted by molar-refractivity contribution is -0.132. The van der Waals surface area contributed by atoms with Gasteiger partial charge in [-0.05, 0) is 42.7 Å². The van der Waals surface area contributed by atoms with Crippen LogP contribution in [0.4, 0.5) is 5.69 Å². The van der Waals surface area contributed by atoms with Crippen LogP contribution in [0.2, 0.25) is 5.02 Å². The predicted molar refractivity (Wildman–Crippen MR) is 115 cm³/mol. The Labute approximate surface area is 188 Å². The number of oxime groups is 1. The van der Waals surface area contributed by atoms with Gasteiger partial charge < -0.3 is 9.57 Å². The number of hydrogen-bond acceptors (Lipinski definition) is 6. The van der Waals surface area contributed by atoms with Crippen molar-refractivity contribution in [1.82, 2.24) is 0 Å². The fraction of sp³-hybridized carbons (Fsp3) is 0.333. The van der Waals surface area contributed by atoms with E-state index < -0.39 is 17.8 Å². The first-order chi connectivity index (χ1) is 15.5. The van der Waals surface area contributed by atoms with Gasteiger partial charge in [-0.1, -0.05) is 35.0 Å². The van der Waals surface area contributed by atoms with Crippen LogP contribution in [0.1, 0.15) is 18.9 Å². The monoisotopic (exact) mass is 450 g/mol. The quantitative estimate of drug-likeness (QED) is 0.406. The maximum absolute atomic E-state index is 13.5. The number of hydrogen-bond donors (Lipinski definition) is 0. The van der Waals surface area contributed by atoms with Crippen LogP contribution in [0.5, 0.6) is 5.75 Å². The third-order valence-electron chi connectivity index (χ3n) is 7.20. The highest BCUT2D eigenvalue weighted by molar-refractivity contribution is 6.34. The van der Waals surface area contributed by atoms with Crippen LogP contribution in [-0.2, 0) is 19.2 Å². The van der Waals surface area contributed by atoms with E-state index in [9.17, 15) is 14.4 Å². The van der Waals surface area contributed by atoms with E-state index in [1.54, 1.807) is 24.3 Å². The molecule has 0 radical (unpaired) electrons. The molecule has 2 aliphatic carbocycles. The second kappa shape index (κ2) is 6.90. The molecule has 0 spiro atoms. The summed E-state index contributed by atoms with van der Waals surface area (Å²) in [5.74, 6) is -1.36. The van der Waals surface area contributed by atoms with Gasteiger partial charge >= 0.3 is 5.97 Å². The number of halogens is 1. The summed E-state index contributed by atoms with van der Waals surface area (Å²) in [5, 5.41) is 4.93. The van der Waals surface area contributed by atoms with E-state index in [0.29, 0.717) is 16.5 Å². The fourth-order valence-corrected chi connectivity index (χ4v) is 6.33. The number of amides is 2. The summed E-state index contributed by atoms with van der Waals surface area (Å²) in [5.41, 5.74) is 2.08. The van der Waals surface area contributed by atoms with Gasteiger partial charge in [0, 0.05) is 29.3 Å². The van der Waals surface area contributed by atoms with Gasteiger partial charge in [-0.2, -0.15) is 0 Å². The Morgan fingerprint density at radius 3 is 2.41 bits per heavy atom. The Morgan fingerprint density at radius 2 is 1.72 bits per heavy atom. The summed E-state index contributed by atoms with van der Waals surface area (Å²) in [6.07, 6.45) is 0.556. The second-order valence-corrected chi connectivity index (χ2v) is 9.17. The number of anilines is 1. The molecule has 2 aliphatic heterocycles.